The molecular weight excluding hydrogens is 228 g/mol. The molecule has 1 aromatic heterocycles. The van der Waals surface area contributed by atoms with Crippen LogP contribution >= 0.6 is 0 Å². The highest BCUT2D eigenvalue weighted by molar-refractivity contribution is 5.53. The zero-order valence-electron chi connectivity index (χ0n) is 10.6. The molecule has 18 heavy (non-hydrogen) atoms. The van der Waals surface area contributed by atoms with Gasteiger partial charge >= 0.3 is 0 Å². The first kappa shape index (κ1) is 12.4. The van der Waals surface area contributed by atoms with Crippen molar-refractivity contribution in [1.82, 2.24) is 9.97 Å². The lowest BCUT2D eigenvalue weighted by molar-refractivity contribution is 0.777. The quantitative estimate of drug-likeness (QED) is 0.787. The first-order valence-corrected chi connectivity index (χ1v) is 6.26. The second-order valence-corrected chi connectivity index (χ2v) is 4.33. The van der Waals surface area contributed by atoms with Crippen molar-refractivity contribution >= 4 is 17.6 Å². The van der Waals surface area contributed by atoms with Crippen molar-refractivity contribution in [1.29, 1.82) is 5.26 Å². The van der Waals surface area contributed by atoms with Gasteiger partial charge in [0.2, 0.25) is 5.95 Å². The van der Waals surface area contributed by atoms with Crippen molar-refractivity contribution in [2.75, 3.05) is 29.0 Å². The molecule has 3 N–H and O–H groups in total. The third-order valence-electron chi connectivity index (χ3n) is 2.83. The van der Waals surface area contributed by atoms with Crippen molar-refractivity contribution < 1.29 is 0 Å². The Balaban J connectivity index is 2.20. The fraction of sp³-hybridized carbons (Fsp3) is 0.583. The highest BCUT2D eigenvalue weighted by Crippen LogP contribution is 2.31. The van der Waals surface area contributed by atoms with Crippen molar-refractivity contribution in [3.63, 3.8) is 0 Å². The largest absolute Gasteiger partial charge is 0.370 e. The molecular formula is C12H18N6. The van der Waals surface area contributed by atoms with E-state index in [1.807, 2.05) is 13.0 Å². The zero-order valence-corrected chi connectivity index (χ0v) is 10.6. The van der Waals surface area contributed by atoms with E-state index < -0.39 is 0 Å². The molecule has 1 aliphatic rings. The van der Waals surface area contributed by atoms with Crippen LogP contribution in [0.5, 0.6) is 0 Å². The van der Waals surface area contributed by atoms with E-state index in [1.54, 1.807) is 0 Å². The van der Waals surface area contributed by atoms with Gasteiger partial charge in [-0.15, -0.1) is 0 Å². The van der Waals surface area contributed by atoms with Gasteiger partial charge in [-0.1, -0.05) is 0 Å². The minimum absolute atomic E-state index is 0.269. The molecule has 0 aliphatic heterocycles. The smallest absolute Gasteiger partial charge is 0.223 e. The fourth-order valence-electron chi connectivity index (χ4n) is 1.91. The van der Waals surface area contributed by atoms with Gasteiger partial charge in [0.05, 0.1) is 12.5 Å². The number of nitrogens with zero attached hydrogens (tertiary/aromatic N) is 4. The number of nitrogens with two attached hydrogens (primary N) is 1. The minimum Gasteiger partial charge on any atom is -0.370 e. The lowest BCUT2D eigenvalue weighted by Gasteiger charge is -2.22. The van der Waals surface area contributed by atoms with E-state index in [9.17, 15) is 0 Å². The Morgan fingerprint density at radius 1 is 1.56 bits per heavy atom. The minimum atomic E-state index is 0.269. The second kappa shape index (κ2) is 5.54. The van der Waals surface area contributed by atoms with E-state index in [2.05, 4.69) is 26.3 Å². The Morgan fingerprint density at radius 2 is 2.33 bits per heavy atom. The van der Waals surface area contributed by atoms with Gasteiger partial charge in [0.25, 0.3) is 0 Å². The fourth-order valence-corrected chi connectivity index (χ4v) is 1.91. The number of hydrogen-bond acceptors (Lipinski definition) is 6. The standard InChI is InChI=1S/C12H18N6/c1-2-15-10-8-11(17-12(14)16-10)18(7-3-6-13)9-4-5-9/h8-9H,2-5,7H2,1H3,(H3,14,15,16,17). The molecule has 0 aromatic carbocycles. The third kappa shape index (κ3) is 3.00. The molecule has 1 aliphatic carbocycles. The molecule has 2 rings (SSSR count). The Bertz CT molecular complexity index is 448. The first-order valence-electron chi connectivity index (χ1n) is 6.26. The Hall–Kier alpha value is -2.03. The summed E-state index contributed by atoms with van der Waals surface area (Å²) in [7, 11) is 0. The second-order valence-electron chi connectivity index (χ2n) is 4.33. The van der Waals surface area contributed by atoms with Gasteiger partial charge in [-0.3, -0.25) is 0 Å². The van der Waals surface area contributed by atoms with Gasteiger partial charge in [-0.05, 0) is 19.8 Å². The van der Waals surface area contributed by atoms with Gasteiger partial charge in [0.15, 0.2) is 0 Å². The van der Waals surface area contributed by atoms with Crippen LogP contribution < -0.4 is 16.0 Å². The predicted octanol–water partition coefficient (Wildman–Crippen LogP) is 1.37. The van der Waals surface area contributed by atoms with E-state index in [-0.39, 0.29) is 5.95 Å². The van der Waals surface area contributed by atoms with Gasteiger partial charge < -0.3 is 16.0 Å². The molecule has 96 valence electrons. The van der Waals surface area contributed by atoms with Crippen LogP contribution in [0.3, 0.4) is 0 Å². The summed E-state index contributed by atoms with van der Waals surface area (Å²) in [6.07, 6.45) is 2.81. The number of hydrogen-bond donors (Lipinski definition) is 2. The molecule has 0 unspecified atom stereocenters. The van der Waals surface area contributed by atoms with Crippen LogP contribution in [0.1, 0.15) is 26.2 Å². The Kier molecular flexibility index (Phi) is 3.82. The summed E-state index contributed by atoms with van der Waals surface area (Å²) in [6, 6.07) is 4.57. The summed E-state index contributed by atoms with van der Waals surface area (Å²) in [5.41, 5.74) is 5.72. The van der Waals surface area contributed by atoms with Crippen LogP contribution in [-0.4, -0.2) is 29.1 Å². The molecule has 1 saturated carbocycles. The molecule has 1 heterocycles. The molecule has 1 fully saturated rings. The molecule has 0 saturated heterocycles. The van der Waals surface area contributed by atoms with Crippen LogP contribution in [0.2, 0.25) is 0 Å². The van der Waals surface area contributed by atoms with E-state index in [0.717, 1.165) is 31.0 Å². The summed E-state index contributed by atoms with van der Waals surface area (Å²) in [4.78, 5) is 10.6. The average molecular weight is 246 g/mol. The summed E-state index contributed by atoms with van der Waals surface area (Å²) in [6.45, 7) is 3.49. The van der Waals surface area contributed by atoms with Crippen LogP contribution in [0.25, 0.3) is 0 Å². The molecule has 1 aromatic rings. The van der Waals surface area contributed by atoms with Crippen molar-refractivity contribution in [2.24, 2.45) is 0 Å². The first-order chi connectivity index (χ1) is 8.74. The number of nitrogens with one attached hydrogen (secondary N) is 1. The van der Waals surface area contributed by atoms with Gasteiger partial charge in [0.1, 0.15) is 11.6 Å². The van der Waals surface area contributed by atoms with E-state index >= 15 is 0 Å². The highest BCUT2D eigenvalue weighted by Gasteiger charge is 2.30. The molecule has 0 spiro atoms. The van der Waals surface area contributed by atoms with Crippen molar-refractivity contribution in [2.45, 2.75) is 32.2 Å². The number of anilines is 3. The van der Waals surface area contributed by atoms with Crippen LogP contribution in [0.15, 0.2) is 6.07 Å². The van der Waals surface area contributed by atoms with Gasteiger partial charge in [-0.2, -0.15) is 15.2 Å². The van der Waals surface area contributed by atoms with Gasteiger partial charge in [0, 0.05) is 25.2 Å². The van der Waals surface area contributed by atoms with E-state index in [1.165, 1.54) is 0 Å². The highest BCUT2D eigenvalue weighted by atomic mass is 15.3. The maximum Gasteiger partial charge on any atom is 0.223 e. The van der Waals surface area contributed by atoms with Gasteiger partial charge in [-0.25, -0.2) is 0 Å². The van der Waals surface area contributed by atoms with E-state index in [4.69, 9.17) is 11.0 Å². The summed E-state index contributed by atoms with van der Waals surface area (Å²) < 4.78 is 0. The average Bonchev–Trinajstić information content (AvgIpc) is 3.14. The van der Waals surface area contributed by atoms with Crippen LogP contribution in [0, 0.1) is 11.3 Å². The summed E-state index contributed by atoms with van der Waals surface area (Å²) in [5, 5.41) is 11.8. The maximum atomic E-state index is 8.71. The molecule has 6 heteroatoms. The molecule has 0 amide bonds. The summed E-state index contributed by atoms with van der Waals surface area (Å²) >= 11 is 0. The normalized spacial score (nSPS) is 14.0. The molecule has 0 radical (unpaired) electrons. The van der Waals surface area contributed by atoms with Crippen LogP contribution in [0.4, 0.5) is 17.6 Å². The Labute approximate surface area is 107 Å². The lowest BCUT2D eigenvalue weighted by atomic mass is 10.3. The Morgan fingerprint density at radius 3 is 2.94 bits per heavy atom. The molecule has 0 atom stereocenters. The topological polar surface area (TPSA) is 90.9 Å². The van der Waals surface area contributed by atoms with Crippen molar-refractivity contribution in [3.05, 3.63) is 6.07 Å². The molecule has 6 nitrogen and oxygen atoms in total. The van der Waals surface area contributed by atoms with E-state index in [0.29, 0.717) is 19.0 Å². The monoisotopic (exact) mass is 246 g/mol. The summed E-state index contributed by atoms with van der Waals surface area (Å²) in [5.74, 6) is 1.82. The lowest BCUT2D eigenvalue weighted by Crippen LogP contribution is -2.28. The number of rotatable bonds is 6. The van der Waals surface area contributed by atoms with Crippen LogP contribution in [-0.2, 0) is 0 Å². The number of aromatic nitrogens is 2. The number of nitriles is 1. The maximum absolute atomic E-state index is 8.71. The molecule has 0 bridgehead atoms. The SMILES string of the molecule is CCNc1cc(N(CCC#N)C2CC2)nc(N)n1. The zero-order chi connectivity index (χ0) is 13.0. The predicted molar refractivity (Wildman–Crippen MR) is 71.2 cm³/mol. The van der Waals surface area contributed by atoms with Crippen molar-refractivity contribution in [3.8, 4) is 6.07 Å². The number of nitrogen functional groups attached to an aromatic ring is 1. The third-order valence-corrected chi connectivity index (χ3v) is 2.83.